The number of rotatable bonds is 5. The van der Waals surface area contributed by atoms with Crippen LogP contribution in [0.4, 0.5) is 11.6 Å². The first-order chi connectivity index (χ1) is 14.0. The zero-order valence-corrected chi connectivity index (χ0v) is 15.6. The minimum absolute atomic E-state index is 0.0164. The molecule has 0 saturated carbocycles. The number of hydrogen-bond acceptors (Lipinski definition) is 6. The molecule has 146 valence electrons. The lowest BCUT2D eigenvalue weighted by atomic mass is 9.95. The summed E-state index contributed by atoms with van der Waals surface area (Å²) in [5.74, 6) is 0.258. The normalized spacial score (nSPS) is 15.4. The Hall–Kier alpha value is -4.01. The summed E-state index contributed by atoms with van der Waals surface area (Å²) in [4.78, 5) is 27.8. The predicted molar refractivity (Wildman–Crippen MR) is 106 cm³/mol. The maximum absolute atomic E-state index is 13.1. The van der Waals surface area contributed by atoms with Gasteiger partial charge in [-0.15, -0.1) is 0 Å². The Bertz CT molecular complexity index is 1090. The van der Waals surface area contributed by atoms with Gasteiger partial charge in [-0.1, -0.05) is 30.3 Å². The second kappa shape index (κ2) is 7.55. The fraction of sp³-hybridized carbons (Fsp3) is 0.150. The molecule has 1 aliphatic heterocycles. The van der Waals surface area contributed by atoms with Crippen LogP contribution in [-0.4, -0.2) is 25.6 Å². The highest BCUT2D eigenvalue weighted by Crippen LogP contribution is 2.35. The number of nitrogens with zero attached hydrogens (tertiary/aromatic N) is 4. The topological polar surface area (TPSA) is 115 Å². The third-order valence-electron chi connectivity index (χ3n) is 4.75. The summed E-state index contributed by atoms with van der Waals surface area (Å²) in [6.45, 7) is 2.18. The Morgan fingerprint density at radius 2 is 1.93 bits per heavy atom. The summed E-state index contributed by atoms with van der Waals surface area (Å²) >= 11 is 0. The van der Waals surface area contributed by atoms with Gasteiger partial charge in [0.15, 0.2) is 0 Å². The van der Waals surface area contributed by atoms with Crippen LogP contribution in [0.15, 0.2) is 72.2 Å². The number of non-ortho nitro benzene ring substituents is 1. The Balaban J connectivity index is 1.68. The molecule has 0 aliphatic carbocycles. The number of anilines is 1. The highest BCUT2D eigenvalue weighted by molar-refractivity contribution is 5.96. The molecule has 9 heteroatoms. The Labute approximate surface area is 166 Å². The molecule has 2 N–H and O–H groups in total. The lowest BCUT2D eigenvalue weighted by Crippen LogP contribution is -2.34. The molecule has 1 atom stereocenters. The molecule has 0 fully saturated rings. The van der Waals surface area contributed by atoms with Crippen molar-refractivity contribution < 1.29 is 9.72 Å². The molecule has 29 heavy (non-hydrogen) atoms. The highest BCUT2D eigenvalue weighted by Gasteiger charge is 2.33. The van der Waals surface area contributed by atoms with Crippen LogP contribution in [0.1, 0.15) is 24.1 Å². The number of carbonyl (C=O) groups is 1. The number of allylic oxidation sites excluding steroid dienone is 1. The maximum Gasteiger partial charge on any atom is 0.269 e. The van der Waals surface area contributed by atoms with E-state index >= 15 is 0 Å². The highest BCUT2D eigenvalue weighted by atomic mass is 16.6. The maximum atomic E-state index is 13.1. The van der Waals surface area contributed by atoms with Crippen molar-refractivity contribution in [2.24, 2.45) is 0 Å². The van der Waals surface area contributed by atoms with Crippen LogP contribution >= 0.6 is 0 Å². The molecule has 1 aromatic heterocycles. The van der Waals surface area contributed by atoms with Gasteiger partial charge in [0.25, 0.3) is 11.6 Å². The second-order valence-electron chi connectivity index (χ2n) is 6.61. The predicted octanol–water partition coefficient (Wildman–Crippen LogP) is 2.79. The van der Waals surface area contributed by atoms with E-state index in [2.05, 4.69) is 20.7 Å². The van der Waals surface area contributed by atoms with Crippen LogP contribution in [0.25, 0.3) is 0 Å². The van der Waals surface area contributed by atoms with Crippen molar-refractivity contribution in [3.8, 4) is 0 Å². The number of aromatic nitrogens is 3. The standard InChI is InChI=1S/C20H18N6O3/c1-13-17(19(27)21-11-14-5-3-2-4-6-14)18(25-20(24-13)22-12-23-25)15-7-9-16(10-8-15)26(28)29/h2-10,12,18H,11H2,1H3,(H,21,27)(H,22,23,24). The number of nitrogens with one attached hydrogen (secondary N) is 2. The van der Waals surface area contributed by atoms with Gasteiger partial charge in [0.1, 0.15) is 12.4 Å². The molecular formula is C20H18N6O3. The average Bonchev–Trinajstić information content (AvgIpc) is 3.20. The monoisotopic (exact) mass is 390 g/mol. The van der Waals surface area contributed by atoms with E-state index in [1.807, 2.05) is 30.3 Å². The van der Waals surface area contributed by atoms with E-state index in [9.17, 15) is 14.9 Å². The van der Waals surface area contributed by atoms with Crippen LogP contribution in [0, 0.1) is 10.1 Å². The molecule has 1 amide bonds. The van der Waals surface area contributed by atoms with Gasteiger partial charge < -0.3 is 10.6 Å². The van der Waals surface area contributed by atoms with Gasteiger partial charge in [-0.2, -0.15) is 10.1 Å². The van der Waals surface area contributed by atoms with Crippen molar-refractivity contribution in [2.45, 2.75) is 19.5 Å². The number of carbonyl (C=O) groups excluding carboxylic acids is 1. The van der Waals surface area contributed by atoms with Gasteiger partial charge in [0.2, 0.25) is 5.95 Å². The van der Waals surface area contributed by atoms with Crippen LogP contribution in [0.2, 0.25) is 0 Å². The Morgan fingerprint density at radius 1 is 1.21 bits per heavy atom. The van der Waals surface area contributed by atoms with E-state index in [0.717, 1.165) is 5.56 Å². The van der Waals surface area contributed by atoms with Gasteiger partial charge in [-0.05, 0) is 30.2 Å². The van der Waals surface area contributed by atoms with Gasteiger partial charge in [-0.3, -0.25) is 14.9 Å². The SMILES string of the molecule is CC1=C(C(=O)NCc2ccccc2)C(c2ccc([N+](=O)[O-])cc2)n2ncnc2N1. The molecule has 0 spiro atoms. The van der Waals surface area contributed by atoms with Crippen LogP contribution < -0.4 is 10.6 Å². The van der Waals surface area contributed by atoms with Crippen molar-refractivity contribution in [3.05, 3.63) is 93.4 Å². The molecule has 4 rings (SSSR count). The molecular weight excluding hydrogens is 372 g/mol. The van der Waals surface area contributed by atoms with E-state index in [0.29, 0.717) is 29.3 Å². The van der Waals surface area contributed by atoms with E-state index < -0.39 is 11.0 Å². The summed E-state index contributed by atoms with van der Waals surface area (Å²) in [7, 11) is 0. The van der Waals surface area contributed by atoms with Gasteiger partial charge in [0.05, 0.1) is 10.5 Å². The summed E-state index contributed by atoms with van der Waals surface area (Å²) in [6, 6.07) is 15.2. The number of amides is 1. The van der Waals surface area contributed by atoms with Gasteiger partial charge >= 0.3 is 0 Å². The lowest BCUT2D eigenvalue weighted by Gasteiger charge is -2.28. The third kappa shape index (κ3) is 3.57. The summed E-state index contributed by atoms with van der Waals surface area (Å²) in [5.41, 5.74) is 2.80. The summed E-state index contributed by atoms with van der Waals surface area (Å²) in [5, 5.41) is 21.3. The minimum atomic E-state index is -0.551. The average molecular weight is 390 g/mol. The molecule has 0 radical (unpaired) electrons. The summed E-state index contributed by atoms with van der Waals surface area (Å²) in [6.07, 6.45) is 1.40. The first-order valence-electron chi connectivity index (χ1n) is 8.98. The number of benzene rings is 2. The molecule has 2 aromatic carbocycles. The van der Waals surface area contributed by atoms with E-state index in [-0.39, 0.29) is 11.6 Å². The Kier molecular flexibility index (Phi) is 4.78. The smallest absolute Gasteiger partial charge is 0.269 e. The second-order valence-corrected chi connectivity index (χ2v) is 6.61. The molecule has 2 heterocycles. The molecule has 1 unspecified atom stereocenters. The van der Waals surface area contributed by atoms with Crippen molar-refractivity contribution in [1.82, 2.24) is 20.1 Å². The zero-order valence-electron chi connectivity index (χ0n) is 15.6. The van der Waals surface area contributed by atoms with Crippen molar-refractivity contribution in [3.63, 3.8) is 0 Å². The summed E-state index contributed by atoms with van der Waals surface area (Å²) < 4.78 is 1.60. The van der Waals surface area contributed by atoms with Crippen LogP contribution in [0.3, 0.4) is 0 Å². The minimum Gasteiger partial charge on any atom is -0.348 e. The Morgan fingerprint density at radius 3 is 2.62 bits per heavy atom. The first-order valence-corrected chi connectivity index (χ1v) is 8.98. The van der Waals surface area contributed by atoms with E-state index in [1.165, 1.54) is 18.5 Å². The number of hydrogen-bond donors (Lipinski definition) is 2. The number of nitro benzene ring substituents is 1. The van der Waals surface area contributed by atoms with Crippen LogP contribution in [-0.2, 0) is 11.3 Å². The van der Waals surface area contributed by atoms with Crippen molar-refractivity contribution in [1.29, 1.82) is 0 Å². The van der Waals surface area contributed by atoms with E-state index in [4.69, 9.17) is 0 Å². The molecule has 3 aromatic rings. The zero-order chi connectivity index (χ0) is 20.4. The first kappa shape index (κ1) is 18.4. The van der Waals surface area contributed by atoms with E-state index in [1.54, 1.807) is 23.7 Å². The molecule has 0 saturated heterocycles. The molecule has 9 nitrogen and oxygen atoms in total. The molecule has 0 bridgehead atoms. The van der Waals surface area contributed by atoms with Gasteiger partial charge in [-0.25, -0.2) is 4.68 Å². The van der Waals surface area contributed by atoms with Gasteiger partial charge in [0, 0.05) is 24.4 Å². The largest absolute Gasteiger partial charge is 0.348 e. The quantitative estimate of drug-likeness (QED) is 0.511. The fourth-order valence-corrected chi connectivity index (χ4v) is 3.34. The van der Waals surface area contributed by atoms with Crippen molar-refractivity contribution in [2.75, 3.05) is 5.32 Å². The number of fused-ring (bicyclic) bond motifs is 1. The third-order valence-corrected chi connectivity index (χ3v) is 4.75. The van der Waals surface area contributed by atoms with Crippen LogP contribution in [0.5, 0.6) is 0 Å². The lowest BCUT2D eigenvalue weighted by molar-refractivity contribution is -0.384. The number of nitro groups is 1. The fourth-order valence-electron chi connectivity index (χ4n) is 3.34. The molecule has 1 aliphatic rings. The van der Waals surface area contributed by atoms with Crippen molar-refractivity contribution >= 4 is 17.5 Å².